The number of carbonyl (C=O) groups excluding carboxylic acids is 2. The molecule has 1 aromatic carbocycles. The first-order valence-electron chi connectivity index (χ1n) is 9.24. The van der Waals surface area contributed by atoms with Crippen LogP contribution in [0.5, 0.6) is 0 Å². The molecule has 0 saturated heterocycles. The zero-order chi connectivity index (χ0) is 19.6. The molecule has 1 unspecified atom stereocenters. The van der Waals surface area contributed by atoms with Crippen LogP contribution < -0.4 is 5.32 Å². The van der Waals surface area contributed by atoms with Crippen LogP contribution in [0, 0.1) is 0 Å². The van der Waals surface area contributed by atoms with Gasteiger partial charge in [0.1, 0.15) is 5.76 Å². The van der Waals surface area contributed by atoms with Crippen LogP contribution in [0.25, 0.3) is 0 Å². The maximum absolute atomic E-state index is 12.9. The average molecular weight is 390 g/mol. The van der Waals surface area contributed by atoms with E-state index < -0.39 is 0 Å². The smallest absolute Gasteiger partial charge is 0.255 e. The first-order chi connectivity index (χ1) is 12.8. The third-order valence-corrected chi connectivity index (χ3v) is 5.40. The summed E-state index contributed by atoms with van der Waals surface area (Å²) in [6.07, 6.45) is 2.57. The lowest BCUT2D eigenvalue weighted by molar-refractivity contribution is 0.0865. The van der Waals surface area contributed by atoms with Gasteiger partial charge in [-0.1, -0.05) is 30.7 Å². The average Bonchev–Trinajstić information content (AvgIpc) is 3.09. The van der Waals surface area contributed by atoms with E-state index in [1.807, 2.05) is 19.1 Å². The number of hydrogen-bond acceptors (Lipinski definition) is 4. The molecule has 0 aliphatic heterocycles. The third kappa shape index (κ3) is 4.60. The summed E-state index contributed by atoms with van der Waals surface area (Å²) in [7, 11) is 0. The molecule has 1 fully saturated rings. The fraction of sp³-hybridized carbons (Fsp3) is 0.429. The monoisotopic (exact) mass is 389 g/mol. The molecule has 3 rings (SSSR count). The number of Topliss-reactive ketones (excluding diaryl/α,β-unsaturated/α-hetero) is 1. The minimum absolute atomic E-state index is 0.0234. The number of ketones is 1. The van der Waals surface area contributed by atoms with Crippen LogP contribution >= 0.6 is 11.6 Å². The van der Waals surface area contributed by atoms with Crippen molar-refractivity contribution in [2.24, 2.45) is 0 Å². The molecule has 0 spiro atoms. The molecular weight excluding hydrogens is 366 g/mol. The predicted molar refractivity (Wildman–Crippen MR) is 103 cm³/mol. The van der Waals surface area contributed by atoms with Gasteiger partial charge in [-0.15, -0.1) is 0 Å². The lowest BCUT2D eigenvalue weighted by Gasteiger charge is -2.26. The number of aliphatic hydroxyl groups excluding tert-OH is 1. The number of hydrogen-bond donors (Lipinski definition) is 2. The molecular formula is C21H24ClNO4. The van der Waals surface area contributed by atoms with Crippen molar-refractivity contribution in [3.8, 4) is 0 Å². The fourth-order valence-corrected chi connectivity index (χ4v) is 3.59. The van der Waals surface area contributed by atoms with Crippen molar-refractivity contribution in [1.29, 1.82) is 0 Å². The van der Waals surface area contributed by atoms with Crippen molar-refractivity contribution in [3.05, 3.63) is 58.0 Å². The predicted octanol–water partition coefficient (Wildman–Crippen LogP) is 4.32. The third-order valence-electron chi connectivity index (χ3n) is 5.15. The second kappa shape index (κ2) is 8.28. The number of amides is 1. The van der Waals surface area contributed by atoms with E-state index in [0.29, 0.717) is 29.2 Å². The number of halogens is 1. The van der Waals surface area contributed by atoms with Gasteiger partial charge in [-0.25, -0.2) is 0 Å². The largest absolute Gasteiger partial charge is 0.456 e. The number of furan rings is 1. The van der Waals surface area contributed by atoms with Gasteiger partial charge in [0.2, 0.25) is 0 Å². The van der Waals surface area contributed by atoms with Crippen LogP contribution in [-0.2, 0) is 0 Å². The SMILES string of the molecule is CC(=O)c1cc(C(=O)NC2CCC(O)CC2)c(C(C)c2ccc(Cl)cc2)o1. The number of aliphatic hydroxyl groups is 1. The Morgan fingerprint density at radius 3 is 2.41 bits per heavy atom. The number of nitrogens with one attached hydrogen (secondary N) is 1. The summed E-state index contributed by atoms with van der Waals surface area (Å²) in [5, 5.41) is 13.3. The zero-order valence-corrected chi connectivity index (χ0v) is 16.3. The van der Waals surface area contributed by atoms with Gasteiger partial charge >= 0.3 is 0 Å². The van der Waals surface area contributed by atoms with E-state index in [4.69, 9.17) is 16.0 Å². The van der Waals surface area contributed by atoms with Crippen molar-refractivity contribution >= 4 is 23.3 Å². The van der Waals surface area contributed by atoms with Gasteiger partial charge in [-0.2, -0.15) is 0 Å². The van der Waals surface area contributed by atoms with E-state index in [2.05, 4.69) is 5.32 Å². The summed E-state index contributed by atoms with van der Waals surface area (Å²) in [6, 6.07) is 8.89. The highest BCUT2D eigenvalue weighted by Crippen LogP contribution is 2.31. The maximum atomic E-state index is 12.9. The zero-order valence-electron chi connectivity index (χ0n) is 15.5. The van der Waals surface area contributed by atoms with Gasteiger partial charge < -0.3 is 14.8 Å². The Kier molecular flexibility index (Phi) is 6.02. The normalized spacial score (nSPS) is 20.9. The molecule has 144 valence electrons. The minimum atomic E-state index is -0.281. The molecule has 1 saturated carbocycles. The standard InChI is InChI=1S/C21H24ClNO4/c1-12(14-3-5-15(22)6-4-14)20-18(11-19(27-20)13(2)24)21(26)23-16-7-9-17(25)10-8-16/h3-6,11-12,16-17,25H,7-10H2,1-2H3,(H,23,26). The molecule has 1 atom stereocenters. The van der Waals surface area contributed by atoms with Gasteiger partial charge in [-0.3, -0.25) is 9.59 Å². The molecule has 1 aromatic heterocycles. The number of rotatable bonds is 5. The fourth-order valence-electron chi connectivity index (χ4n) is 3.46. The van der Waals surface area contributed by atoms with Gasteiger partial charge in [0.25, 0.3) is 5.91 Å². The van der Waals surface area contributed by atoms with Crippen molar-refractivity contribution in [2.45, 2.75) is 57.6 Å². The quantitative estimate of drug-likeness (QED) is 0.746. The molecule has 1 aliphatic carbocycles. The summed E-state index contributed by atoms with van der Waals surface area (Å²) in [5.74, 6) is -0.0296. The first kappa shape index (κ1) is 19.6. The van der Waals surface area contributed by atoms with E-state index >= 15 is 0 Å². The first-order valence-corrected chi connectivity index (χ1v) is 9.62. The lowest BCUT2D eigenvalue weighted by atomic mass is 9.92. The summed E-state index contributed by atoms with van der Waals surface area (Å²) >= 11 is 5.96. The minimum Gasteiger partial charge on any atom is -0.456 e. The molecule has 0 bridgehead atoms. The van der Waals surface area contributed by atoms with Gasteiger partial charge in [-0.05, 0) is 43.4 Å². The van der Waals surface area contributed by atoms with Crippen molar-refractivity contribution in [3.63, 3.8) is 0 Å². The highest BCUT2D eigenvalue weighted by atomic mass is 35.5. The molecule has 1 heterocycles. The van der Waals surface area contributed by atoms with Gasteiger partial charge in [0.15, 0.2) is 11.5 Å². The van der Waals surface area contributed by atoms with Crippen LogP contribution in [0.4, 0.5) is 0 Å². The Morgan fingerprint density at radius 1 is 1.19 bits per heavy atom. The summed E-state index contributed by atoms with van der Waals surface area (Å²) in [4.78, 5) is 24.7. The van der Waals surface area contributed by atoms with Crippen LogP contribution in [0.1, 0.15) is 77.7 Å². The molecule has 0 radical (unpaired) electrons. The van der Waals surface area contributed by atoms with Crippen molar-refractivity contribution in [2.75, 3.05) is 0 Å². The van der Waals surface area contributed by atoms with Gasteiger partial charge in [0.05, 0.1) is 11.7 Å². The summed E-state index contributed by atoms with van der Waals surface area (Å²) in [5.41, 5.74) is 1.33. The topological polar surface area (TPSA) is 79.5 Å². The van der Waals surface area contributed by atoms with Crippen LogP contribution in [0.3, 0.4) is 0 Å². The van der Waals surface area contributed by atoms with E-state index in [1.54, 1.807) is 12.1 Å². The number of benzene rings is 1. The Hall–Kier alpha value is -2.11. The number of carbonyl (C=O) groups is 2. The Morgan fingerprint density at radius 2 is 1.81 bits per heavy atom. The Balaban J connectivity index is 1.86. The van der Waals surface area contributed by atoms with E-state index in [0.717, 1.165) is 18.4 Å². The molecule has 6 heteroatoms. The highest BCUT2D eigenvalue weighted by Gasteiger charge is 2.27. The highest BCUT2D eigenvalue weighted by molar-refractivity contribution is 6.30. The summed E-state index contributed by atoms with van der Waals surface area (Å²) < 4.78 is 5.77. The molecule has 1 aliphatic rings. The second-order valence-electron chi connectivity index (χ2n) is 7.20. The molecule has 1 amide bonds. The van der Waals surface area contributed by atoms with E-state index in [-0.39, 0.29) is 35.5 Å². The van der Waals surface area contributed by atoms with Crippen LogP contribution in [0.15, 0.2) is 34.7 Å². The maximum Gasteiger partial charge on any atom is 0.255 e. The van der Waals surface area contributed by atoms with Crippen LogP contribution in [-0.4, -0.2) is 28.9 Å². The van der Waals surface area contributed by atoms with E-state index in [1.165, 1.54) is 13.0 Å². The molecule has 2 N–H and O–H groups in total. The van der Waals surface area contributed by atoms with E-state index in [9.17, 15) is 14.7 Å². The Labute approximate surface area is 163 Å². The lowest BCUT2D eigenvalue weighted by Crippen LogP contribution is -2.38. The van der Waals surface area contributed by atoms with Crippen molar-refractivity contribution < 1.29 is 19.1 Å². The van der Waals surface area contributed by atoms with Crippen molar-refractivity contribution in [1.82, 2.24) is 5.32 Å². The van der Waals surface area contributed by atoms with Crippen LogP contribution in [0.2, 0.25) is 5.02 Å². The van der Waals surface area contributed by atoms with Gasteiger partial charge in [0, 0.05) is 30.0 Å². The molecule has 27 heavy (non-hydrogen) atoms. The Bertz CT molecular complexity index is 819. The molecule has 5 nitrogen and oxygen atoms in total. The summed E-state index contributed by atoms with van der Waals surface area (Å²) in [6.45, 7) is 3.35. The molecule has 2 aromatic rings. The second-order valence-corrected chi connectivity index (χ2v) is 7.63.